The Hall–Kier alpha value is -2.86. The summed E-state index contributed by atoms with van der Waals surface area (Å²) < 4.78 is 10.4. The smallest absolute Gasteiger partial charge is 0.257 e. The normalized spacial score (nSPS) is 13.9. The van der Waals surface area contributed by atoms with Crippen LogP contribution in [0, 0.1) is 6.92 Å². The number of fused-ring (bicyclic) bond motifs is 1. The zero-order chi connectivity index (χ0) is 20.2. The number of hydrogen-bond acceptors (Lipinski definition) is 5. The molecule has 1 aliphatic rings. The molecule has 3 aromatic rings. The van der Waals surface area contributed by atoms with E-state index in [1.165, 1.54) is 30.9 Å². The summed E-state index contributed by atoms with van der Waals surface area (Å²) >= 11 is 0. The van der Waals surface area contributed by atoms with Crippen molar-refractivity contribution in [2.45, 2.75) is 26.3 Å². The number of amides is 1. The van der Waals surface area contributed by atoms with E-state index in [1.54, 1.807) is 13.2 Å². The fraction of sp³-hybridized carbons (Fsp3) is 0.391. The number of methoxy groups -OCH3 is 1. The molecule has 6 nitrogen and oxygen atoms in total. The average Bonchev–Trinajstić information content (AvgIpc) is 3.44. The van der Waals surface area contributed by atoms with Crippen LogP contribution in [0.15, 0.2) is 47.3 Å². The number of anilines is 1. The molecule has 4 rings (SSSR count). The van der Waals surface area contributed by atoms with Gasteiger partial charge in [0.1, 0.15) is 12.1 Å². The molecule has 0 saturated carbocycles. The summed E-state index contributed by atoms with van der Waals surface area (Å²) in [5, 5.41) is 1.10. The largest absolute Gasteiger partial charge is 0.472 e. The standard InChI is InChI=1S/C23H27N3O3/c1-17-5-6-21-19(13-17)14-20(22(24-21)25-8-3-4-9-25)15-26(10-12-28-2)23(27)18-7-11-29-16-18/h5-7,11,13-14,16H,3-4,8-10,12,15H2,1-2H3. The second-order valence-corrected chi connectivity index (χ2v) is 7.59. The summed E-state index contributed by atoms with van der Waals surface area (Å²) in [5.74, 6) is 0.925. The highest BCUT2D eigenvalue weighted by atomic mass is 16.5. The quantitative estimate of drug-likeness (QED) is 0.607. The van der Waals surface area contributed by atoms with Crippen LogP contribution in [0.2, 0.25) is 0 Å². The summed E-state index contributed by atoms with van der Waals surface area (Å²) in [6.07, 6.45) is 5.37. The van der Waals surface area contributed by atoms with E-state index in [1.807, 2.05) is 4.90 Å². The maximum Gasteiger partial charge on any atom is 0.257 e. The van der Waals surface area contributed by atoms with Gasteiger partial charge in [0.05, 0.1) is 24.0 Å². The minimum Gasteiger partial charge on any atom is -0.472 e. The van der Waals surface area contributed by atoms with Gasteiger partial charge in [0.25, 0.3) is 5.91 Å². The second-order valence-electron chi connectivity index (χ2n) is 7.59. The first-order valence-corrected chi connectivity index (χ1v) is 10.1. The fourth-order valence-electron chi connectivity index (χ4n) is 3.88. The lowest BCUT2D eigenvalue weighted by Gasteiger charge is -2.26. The van der Waals surface area contributed by atoms with Crippen LogP contribution in [0.1, 0.15) is 34.3 Å². The topological polar surface area (TPSA) is 58.8 Å². The maximum absolute atomic E-state index is 13.0. The number of benzene rings is 1. The van der Waals surface area contributed by atoms with E-state index in [-0.39, 0.29) is 5.91 Å². The second kappa shape index (κ2) is 8.66. The summed E-state index contributed by atoms with van der Waals surface area (Å²) in [7, 11) is 1.65. The summed E-state index contributed by atoms with van der Waals surface area (Å²) in [4.78, 5) is 22.2. The van der Waals surface area contributed by atoms with E-state index in [0.29, 0.717) is 25.3 Å². The third-order valence-corrected chi connectivity index (χ3v) is 5.41. The Labute approximate surface area is 171 Å². The molecular formula is C23H27N3O3. The molecule has 29 heavy (non-hydrogen) atoms. The molecule has 1 saturated heterocycles. The number of ether oxygens (including phenoxy) is 1. The van der Waals surface area contributed by atoms with E-state index >= 15 is 0 Å². The zero-order valence-electron chi connectivity index (χ0n) is 17.1. The molecule has 0 N–H and O–H groups in total. The number of nitrogens with zero attached hydrogens (tertiary/aromatic N) is 3. The number of carbonyl (C=O) groups excluding carboxylic acids is 1. The van der Waals surface area contributed by atoms with Crippen molar-refractivity contribution in [2.75, 3.05) is 38.3 Å². The Morgan fingerprint density at radius 2 is 2.07 bits per heavy atom. The summed E-state index contributed by atoms with van der Waals surface area (Å²) in [5.41, 5.74) is 3.81. The lowest BCUT2D eigenvalue weighted by molar-refractivity contribution is 0.0680. The summed E-state index contributed by atoms with van der Waals surface area (Å²) in [6, 6.07) is 10.2. The van der Waals surface area contributed by atoms with Crippen LogP contribution in [-0.4, -0.2) is 49.1 Å². The Morgan fingerprint density at radius 3 is 2.79 bits per heavy atom. The molecule has 2 aromatic heterocycles. The molecule has 0 bridgehead atoms. The van der Waals surface area contributed by atoms with Crippen molar-refractivity contribution in [1.29, 1.82) is 0 Å². The van der Waals surface area contributed by atoms with Crippen molar-refractivity contribution >= 4 is 22.6 Å². The Balaban J connectivity index is 1.72. The van der Waals surface area contributed by atoms with Crippen LogP contribution in [-0.2, 0) is 11.3 Å². The van der Waals surface area contributed by atoms with E-state index in [2.05, 4.69) is 36.1 Å². The minimum atomic E-state index is -0.0625. The van der Waals surface area contributed by atoms with Gasteiger partial charge in [-0.2, -0.15) is 0 Å². The molecule has 1 aromatic carbocycles. The van der Waals surface area contributed by atoms with Gasteiger partial charge in [0, 0.05) is 44.2 Å². The lowest BCUT2D eigenvalue weighted by Crippen LogP contribution is -2.34. The van der Waals surface area contributed by atoms with Gasteiger partial charge in [0.2, 0.25) is 0 Å². The molecule has 1 amide bonds. The van der Waals surface area contributed by atoms with Crippen molar-refractivity contribution < 1.29 is 13.9 Å². The van der Waals surface area contributed by atoms with Crippen LogP contribution in [0.5, 0.6) is 0 Å². The van der Waals surface area contributed by atoms with Gasteiger partial charge in [-0.05, 0) is 44.0 Å². The molecule has 3 heterocycles. The van der Waals surface area contributed by atoms with Crippen molar-refractivity contribution in [3.63, 3.8) is 0 Å². The average molecular weight is 393 g/mol. The van der Waals surface area contributed by atoms with Crippen molar-refractivity contribution in [3.8, 4) is 0 Å². The van der Waals surface area contributed by atoms with E-state index in [4.69, 9.17) is 14.1 Å². The SMILES string of the molecule is COCCN(Cc1cc2cc(C)ccc2nc1N1CCCC1)C(=O)c1ccoc1. The van der Waals surface area contributed by atoms with E-state index in [0.717, 1.165) is 35.4 Å². The minimum absolute atomic E-state index is 0.0625. The molecule has 1 aliphatic heterocycles. The molecule has 6 heteroatoms. The number of aromatic nitrogens is 1. The van der Waals surface area contributed by atoms with Crippen LogP contribution in [0.4, 0.5) is 5.82 Å². The number of aryl methyl sites for hydroxylation is 1. The Kier molecular flexibility index (Phi) is 5.81. The number of pyridine rings is 1. The first kappa shape index (κ1) is 19.5. The van der Waals surface area contributed by atoms with Gasteiger partial charge < -0.3 is 19.0 Å². The van der Waals surface area contributed by atoms with Crippen LogP contribution < -0.4 is 4.90 Å². The van der Waals surface area contributed by atoms with Gasteiger partial charge in [-0.3, -0.25) is 4.79 Å². The van der Waals surface area contributed by atoms with Crippen LogP contribution in [0.3, 0.4) is 0 Å². The Bertz CT molecular complexity index is 978. The van der Waals surface area contributed by atoms with E-state index < -0.39 is 0 Å². The molecule has 152 valence electrons. The van der Waals surface area contributed by atoms with Crippen LogP contribution in [0.25, 0.3) is 10.9 Å². The predicted molar refractivity (Wildman–Crippen MR) is 113 cm³/mol. The lowest BCUT2D eigenvalue weighted by atomic mass is 10.1. The molecule has 1 fully saturated rings. The highest BCUT2D eigenvalue weighted by molar-refractivity contribution is 5.94. The summed E-state index contributed by atoms with van der Waals surface area (Å²) in [6.45, 7) is 5.56. The van der Waals surface area contributed by atoms with Crippen molar-refractivity contribution in [2.24, 2.45) is 0 Å². The molecule has 0 spiro atoms. The van der Waals surface area contributed by atoms with E-state index in [9.17, 15) is 4.79 Å². The van der Waals surface area contributed by atoms with Gasteiger partial charge >= 0.3 is 0 Å². The zero-order valence-corrected chi connectivity index (χ0v) is 17.1. The predicted octanol–water partition coefficient (Wildman–Crippen LogP) is 4.03. The maximum atomic E-state index is 13.0. The number of furan rings is 1. The number of rotatable bonds is 7. The number of carbonyl (C=O) groups is 1. The molecular weight excluding hydrogens is 366 g/mol. The van der Waals surface area contributed by atoms with Crippen LogP contribution >= 0.6 is 0 Å². The molecule has 0 atom stereocenters. The monoisotopic (exact) mass is 393 g/mol. The van der Waals surface area contributed by atoms with Crippen molar-refractivity contribution in [1.82, 2.24) is 9.88 Å². The van der Waals surface area contributed by atoms with Gasteiger partial charge in [-0.25, -0.2) is 4.98 Å². The highest BCUT2D eigenvalue weighted by Crippen LogP contribution is 2.28. The van der Waals surface area contributed by atoms with Gasteiger partial charge in [-0.1, -0.05) is 11.6 Å². The van der Waals surface area contributed by atoms with Gasteiger partial charge in [0.15, 0.2) is 0 Å². The number of hydrogen-bond donors (Lipinski definition) is 0. The fourth-order valence-corrected chi connectivity index (χ4v) is 3.88. The highest BCUT2D eigenvalue weighted by Gasteiger charge is 2.23. The van der Waals surface area contributed by atoms with Gasteiger partial charge in [-0.15, -0.1) is 0 Å². The third-order valence-electron chi connectivity index (χ3n) is 5.41. The molecule has 0 unspecified atom stereocenters. The Morgan fingerprint density at radius 1 is 1.24 bits per heavy atom. The molecule has 0 radical (unpaired) electrons. The first-order valence-electron chi connectivity index (χ1n) is 10.1. The molecule has 0 aliphatic carbocycles. The van der Waals surface area contributed by atoms with Crippen molar-refractivity contribution in [3.05, 3.63) is 59.5 Å². The first-order chi connectivity index (χ1) is 14.2. The third kappa shape index (κ3) is 4.27.